The van der Waals surface area contributed by atoms with Crippen LogP contribution >= 0.6 is 11.3 Å². The van der Waals surface area contributed by atoms with Crippen molar-refractivity contribution in [3.8, 4) is 0 Å². The largest absolute Gasteiger partial charge is 0.372 e. The van der Waals surface area contributed by atoms with Crippen LogP contribution in [0.3, 0.4) is 0 Å². The van der Waals surface area contributed by atoms with Gasteiger partial charge in [-0.15, -0.1) is 11.3 Å². The van der Waals surface area contributed by atoms with Gasteiger partial charge >= 0.3 is 0 Å². The molecule has 0 saturated carbocycles. The first-order valence-electron chi connectivity index (χ1n) is 5.70. The van der Waals surface area contributed by atoms with Crippen molar-refractivity contribution >= 4 is 27.4 Å². The van der Waals surface area contributed by atoms with Gasteiger partial charge in [-0.3, -0.25) is 9.36 Å². The Kier molecular flexibility index (Phi) is 2.96. The van der Waals surface area contributed by atoms with Crippen molar-refractivity contribution < 1.29 is 0 Å². The van der Waals surface area contributed by atoms with E-state index in [1.54, 1.807) is 11.3 Å². The maximum Gasteiger partial charge on any atom is 0.253 e. The molecule has 0 bridgehead atoms. The van der Waals surface area contributed by atoms with Crippen molar-refractivity contribution in [2.24, 2.45) is 0 Å². The standard InChI is InChI=1S/C12H11N5OS/c1-13-11-8-3-5-19-12(8)16-9(15-11)6-17-7-14-4-2-10(17)18/h2-5,7H,6H2,1H3,(H,13,15,16). The zero-order chi connectivity index (χ0) is 13.2. The molecule has 3 rings (SSSR count). The van der Waals surface area contributed by atoms with Gasteiger partial charge in [-0.2, -0.15) is 0 Å². The fourth-order valence-corrected chi connectivity index (χ4v) is 2.59. The summed E-state index contributed by atoms with van der Waals surface area (Å²) in [6.45, 7) is 0.315. The van der Waals surface area contributed by atoms with Crippen LogP contribution in [0.15, 0.2) is 34.8 Å². The predicted octanol–water partition coefficient (Wildman–Crippen LogP) is 1.34. The molecule has 0 aliphatic rings. The smallest absolute Gasteiger partial charge is 0.253 e. The number of rotatable bonds is 3. The number of anilines is 1. The van der Waals surface area contributed by atoms with Gasteiger partial charge in [-0.25, -0.2) is 15.0 Å². The van der Waals surface area contributed by atoms with Crippen molar-refractivity contribution in [1.29, 1.82) is 0 Å². The van der Waals surface area contributed by atoms with E-state index in [0.29, 0.717) is 12.4 Å². The highest BCUT2D eigenvalue weighted by Crippen LogP contribution is 2.24. The summed E-state index contributed by atoms with van der Waals surface area (Å²) in [5.41, 5.74) is -0.115. The van der Waals surface area contributed by atoms with Gasteiger partial charge in [0.2, 0.25) is 0 Å². The molecule has 0 spiro atoms. The Morgan fingerprint density at radius 1 is 1.37 bits per heavy atom. The molecule has 3 aromatic rings. The number of hydrogen-bond acceptors (Lipinski definition) is 6. The molecule has 0 saturated heterocycles. The van der Waals surface area contributed by atoms with Gasteiger partial charge in [0, 0.05) is 19.3 Å². The summed E-state index contributed by atoms with van der Waals surface area (Å²) in [6, 6.07) is 3.40. The number of hydrogen-bond donors (Lipinski definition) is 1. The highest BCUT2D eigenvalue weighted by molar-refractivity contribution is 7.16. The zero-order valence-corrected chi connectivity index (χ0v) is 11.0. The van der Waals surface area contributed by atoms with E-state index in [9.17, 15) is 4.79 Å². The number of aromatic nitrogens is 4. The Hall–Kier alpha value is -2.28. The third kappa shape index (κ3) is 2.19. The molecule has 19 heavy (non-hydrogen) atoms. The minimum absolute atomic E-state index is 0.115. The molecular formula is C12H11N5OS. The third-order valence-electron chi connectivity index (χ3n) is 2.71. The fraction of sp³-hybridized carbons (Fsp3) is 0.167. The lowest BCUT2D eigenvalue weighted by Crippen LogP contribution is -2.20. The highest BCUT2D eigenvalue weighted by atomic mass is 32.1. The lowest BCUT2D eigenvalue weighted by molar-refractivity contribution is 0.702. The maximum absolute atomic E-state index is 11.6. The van der Waals surface area contributed by atoms with Crippen LogP contribution in [0, 0.1) is 0 Å². The topological polar surface area (TPSA) is 72.7 Å². The Morgan fingerprint density at radius 2 is 2.26 bits per heavy atom. The SMILES string of the molecule is CNc1nc(Cn2cnccc2=O)nc2sccc12. The summed E-state index contributed by atoms with van der Waals surface area (Å²) in [5.74, 6) is 1.37. The van der Waals surface area contributed by atoms with E-state index >= 15 is 0 Å². The van der Waals surface area contributed by atoms with Gasteiger partial charge in [0.25, 0.3) is 5.56 Å². The number of fused-ring (bicyclic) bond motifs is 1. The van der Waals surface area contributed by atoms with Crippen LogP contribution in [0.25, 0.3) is 10.2 Å². The molecule has 0 aliphatic heterocycles. The van der Waals surface area contributed by atoms with Crippen molar-refractivity contribution in [2.45, 2.75) is 6.54 Å². The normalized spacial score (nSPS) is 10.8. The lowest BCUT2D eigenvalue weighted by Gasteiger charge is -2.06. The summed E-state index contributed by atoms with van der Waals surface area (Å²) in [4.78, 5) is 25.4. The van der Waals surface area contributed by atoms with Gasteiger partial charge in [0.1, 0.15) is 10.6 Å². The molecule has 1 N–H and O–H groups in total. The first-order chi connectivity index (χ1) is 9.28. The first kappa shape index (κ1) is 11.8. The van der Waals surface area contributed by atoms with E-state index in [1.807, 2.05) is 18.5 Å². The average molecular weight is 273 g/mol. The Morgan fingerprint density at radius 3 is 3.05 bits per heavy atom. The average Bonchev–Trinajstić information content (AvgIpc) is 2.89. The molecular weight excluding hydrogens is 262 g/mol. The molecule has 0 radical (unpaired) electrons. The quantitative estimate of drug-likeness (QED) is 0.779. The summed E-state index contributed by atoms with van der Waals surface area (Å²) in [5, 5.41) is 6.02. The van der Waals surface area contributed by atoms with E-state index in [2.05, 4.69) is 20.3 Å². The molecule has 0 unspecified atom stereocenters. The lowest BCUT2D eigenvalue weighted by atomic mass is 10.3. The van der Waals surface area contributed by atoms with E-state index in [0.717, 1.165) is 16.0 Å². The Bertz CT molecular complexity index is 779. The van der Waals surface area contributed by atoms with Crippen molar-refractivity contribution in [3.63, 3.8) is 0 Å². The molecule has 3 aromatic heterocycles. The van der Waals surface area contributed by atoms with Gasteiger partial charge < -0.3 is 5.32 Å². The van der Waals surface area contributed by atoms with Crippen LogP contribution in [0.4, 0.5) is 5.82 Å². The monoisotopic (exact) mass is 273 g/mol. The number of thiophene rings is 1. The van der Waals surface area contributed by atoms with E-state index in [4.69, 9.17) is 0 Å². The van der Waals surface area contributed by atoms with E-state index < -0.39 is 0 Å². The van der Waals surface area contributed by atoms with Crippen LogP contribution in [-0.4, -0.2) is 26.6 Å². The third-order valence-corrected chi connectivity index (χ3v) is 3.52. The molecule has 0 fully saturated rings. The summed E-state index contributed by atoms with van der Waals surface area (Å²) in [7, 11) is 1.82. The van der Waals surface area contributed by atoms with Crippen LogP contribution in [0.2, 0.25) is 0 Å². The van der Waals surface area contributed by atoms with Gasteiger partial charge in [0.05, 0.1) is 18.3 Å². The molecule has 0 atom stereocenters. The Balaban J connectivity index is 2.06. The van der Waals surface area contributed by atoms with Crippen LogP contribution in [0.5, 0.6) is 0 Å². The maximum atomic E-state index is 11.6. The van der Waals surface area contributed by atoms with E-state index in [-0.39, 0.29) is 5.56 Å². The van der Waals surface area contributed by atoms with Gasteiger partial charge in [-0.1, -0.05) is 0 Å². The Labute approximate surface area is 112 Å². The van der Waals surface area contributed by atoms with Gasteiger partial charge in [0.15, 0.2) is 5.82 Å². The van der Waals surface area contributed by atoms with Crippen molar-refractivity contribution in [1.82, 2.24) is 19.5 Å². The second kappa shape index (κ2) is 4.77. The summed E-state index contributed by atoms with van der Waals surface area (Å²) < 4.78 is 1.48. The molecule has 0 amide bonds. The number of nitrogens with one attached hydrogen (secondary N) is 1. The van der Waals surface area contributed by atoms with Crippen molar-refractivity contribution in [2.75, 3.05) is 12.4 Å². The predicted molar refractivity (Wildman–Crippen MR) is 74.6 cm³/mol. The first-order valence-corrected chi connectivity index (χ1v) is 6.58. The summed E-state index contributed by atoms with van der Waals surface area (Å²) >= 11 is 1.55. The summed E-state index contributed by atoms with van der Waals surface area (Å²) in [6.07, 6.45) is 2.96. The molecule has 6 nitrogen and oxygen atoms in total. The second-order valence-electron chi connectivity index (χ2n) is 3.92. The van der Waals surface area contributed by atoms with Crippen LogP contribution < -0.4 is 10.9 Å². The highest BCUT2D eigenvalue weighted by Gasteiger charge is 2.08. The minimum atomic E-state index is -0.115. The number of nitrogens with zero attached hydrogens (tertiary/aromatic N) is 4. The van der Waals surface area contributed by atoms with Crippen LogP contribution in [-0.2, 0) is 6.54 Å². The van der Waals surface area contributed by atoms with Crippen LogP contribution in [0.1, 0.15) is 5.82 Å². The minimum Gasteiger partial charge on any atom is -0.372 e. The van der Waals surface area contributed by atoms with Crippen molar-refractivity contribution in [3.05, 3.63) is 46.2 Å². The zero-order valence-electron chi connectivity index (χ0n) is 10.2. The molecule has 3 heterocycles. The molecule has 0 aliphatic carbocycles. The van der Waals surface area contributed by atoms with Gasteiger partial charge in [-0.05, 0) is 11.4 Å². The van der Waals surface area contributed by atoms with E-state index in [1.165, 1.54) is 23.2 Å². The molecule has 96 valence electrons. The second-order valence-corrected chi connectivity index (χ2v) is 4.82. The molecule has 0 aromatic carbocycles. The fourth-order valence-electron chi connectivity index (χ4n) is 1.81. The molecule has 7 heteroatoms.